The Morgan fingerprint density at radius 3 is 2.67 bits per heavy atom. The smallest absolute Gasteiger partial charge is 0.123 e. The predicted molar refractivity (Wildman–Crippen MR) is 68.8 cm³/mol. The van der Waals surface area contributed by atoms with E-state index >= 15 is 0 Å². The molecule has 0 aliphatic heterocycles. The average Bonchev–Trinajstić information content (AvgIpc) is 2.19. The summed E-state index contributed by atoms with van der Waals surface area (Å²) in [6, 6.07) is 6.32. The third-order valence-corrected chi connectivity index (χ3v) is 2.92. The Hall–Kier alpha value is -0.500. The minimum Gasteiger partial charge on any atom is -0.493 e. The zero-order chi connectivity index (χ0) is 11.3. The molecule has 0 heterocycles. The molecule has 2 heteroatoms. The van der Waals surface area contributed by atoms with Gasteiger partial charge in [0.25, 0.3) is 0 Å². The second kappa shape index (κ2) is 6.16. The fourth-order valence-corrected chi connectivity index (χ4v) is 1.80. The van der Waals surface area contributed by atoms with Gasteiger partial charge in [-0.1, -0.05) is 47.5 Å². The summed E-state index contributed by atoms with van der Waals surface area (Å²) in [6.07, 6.45) is 1.11. The summed E-state index contributed by atoms with van der Waals surface area (Å²) >= 11 is 3.48. The average molecular weight is 271 g/mol. The summed E-state index contributed by atoms with van der Waals surface area (Å²) in [7, 11) is 0. The number of halogens is 1. The Kier molecular flexibility index (Phi) is 5.16. The molecule has 0 atom stereocenters. The number of ether oxygens (including phenoxy) is 1. The van der Waals surface area contributed by atoms with Crippen LogP contribution in [0, 0.1) is 12.8 Å². The van der Waals surface area contributed by atoms with Gasteiger partial charge in [-0.3, -0.25) is 0 Å². The molecule has 0 aliphatic rings. The van der Waals surface area contributed by atoms with Gasteiger partial charge in [0.15, 0.2) is 0 Å². The van der Waals surface area contributed by atoms with Crippen molar-refractivity contribution in [2.75, 3.05) is 6.61 Å². The molecule has 0 saturated heterocycles. The van der Waals surface area contributed by atoms with E-state index in [0.717, 1.165) is 24.1 Å². The number of hydrogen-bond donors (Lipinski definition) is 0. The first kappa shape index (κ1) is 12.6. The molecule has 0 aliphatic carbocycles. The van der Waals surface area contributed by atoms with Gasteiger partial charge in [0.05, 0.1) is 6.61 Å². The SMILES string of the molecule is Cc1ccc(OCCC(C)C)c(CBr)c1. The van der Waals surface area contributed by atoms with Crippen molar-refractivity contribution in [2.24, 2.45) is 5.92 Å². The Balaban J connectivity index is 2.60. The van der Waals surface area contributed by atoms with Crippen LogP contribution in [0.4, 0.5) is 0 Å². The Bertz CT molecular complexity index is 307. The van der Waals surface area contributed by atoms with Gasteiger partial charge in [0.2, 0.25) is 0 Å². The van der Waals surface area contributed by atoms with Gasteiger partial charge in [-0.15, -0.1) is 0 Å². The lowest BCUT2D eigenvalue weighted by molar-refractivity contribution is 0.287. The summed E-state index contributed by atoms with van der Waals surface area (Å²) in [5.74, 6) is 1.71. The fraction of sp³-hybridized carbons (Fsp3) is 0.538. The minimum atomic E-state index is 0.697. The van der Waals surface area contributed by atoms with Crippen LogP contribution in [0.2, 0.25) is 0 Å². The van der Waals surface area contributed by atoms with Crippen molar-refractivity contribution < 1.29 is 4.74 Å². The zero-order valence-electron chi connectivity index (χ0n) is 9.72. The molecule has 1 aromatic carbocycles. The molecule has 0 N–H and O–H groups in total. The van der Waals surface area contributed by atoms with Gasteiger partial charge in [-0.05, 0) is 25.3 Å². The van der Waals surface area contributed by atoms with E-state index in [1.54, 1.807) is 0 Å². The van der Waals surface area contributed by atoms with Crippen molar-refractivity contribution >= 4 is 15.9 Å². The first-order valence-corrected chi connectivity index (χ1v) is 6.54. The second-order valence-corrected chi connectivity index (χ2v) is 4.84. The molecule has 84 valence electrons. The molecule has 0 unspecified atom stereocenters. The largest absolute Gasteiger partial charge is 0.493 e. The van der Waals surface area contributed by atoms with E-state index < -0.39 is 0 Å². The van der Waals surface area contributed by atoms with Gasteiger partial charge in [0.1, 0.15) is 5.75 Å². The van der Waals surface area contributed by atoms with E-state index in [0.29, 0.717) is 5.92 Å². The van der Waals surface area contributed by atoms with Crippen LogP contribution in [0.3, 0.4) is 0 Å². The van der Waals surface area contributed by atoms with E-state index in [4.69, 9.17) is 4.74 Å². The van der Waals surface area contributed by atoms with Crippen LogP contribution in [0.1, 0.15) is 31.4 Å². The number of rotatable bonds is 5. The third kappa shape index (κ3) is 4.25. The Labute approximate surface area is 101 Å². The first-order valence-electron chi connectivity index (χ1n) is 5.41. The Morgan fingerprint density at radius 2 is 2.07 bits per heavy atom. The number of benzene rings is 1. The topological polar surface area (TPSA) is 9.23 Å². The molecule has 0 bridgehead atoms. The van der Waals surface area contributed by atoms with Gasteiger partial charge in [0, 0.05) is 10.9 Å². The van der Waals surface area contributed by atoms with Gasteiger partial charge in [-0.2, -0.15) is 0 Å². The molecule has 0 saturated carbocycles. The number of aryl methyl sites for hydroxylation is 1. The summed E-state index contributed by atoms with van der Waals surface area (Å²) in [5.41, 5.74) is 2.51. The van der Waals surface area contributed by atoms with E-state index in [1.165, 1.54) is 11.1 Å². The third-order valence-electron chi connectivity index (χ3n) is 2.31. The second-order valence-electron chi connectivity index (χ2n) is 4.28. The lowest BCUT2D eigenvalue weighted by atomic mass is 10.1. The van der Waals surface area contributed by atoms with Crippen molar-refractivity contribution in [3.8, 4) is 5.75 Å². The van der Waals surface area contributed by atoms with E-state index in [2.05, 4.69) is 54.9 Å². The summed E-state index contributed by atoms with van der Waals surface area (Å²) in [6.45, 7) is 7.33. The van der Waals surface area contributed by atoms with Crippen molar-refractivity contribution in [2.45, 2.75) is 32.5 Å². The monoisotopic (exact) mass is 270 g/mol. The maximum absolute atomic E-state index is 5.76. The van der Waals surface area contributed by atoms with Crippen LogP contribution in [-0.4, -0.2) is 6.61 Å². The maximum atomic E-state index is 5.76. The zero-order valence-corrected chi connectivity index (χ0v) is 11.3. The molecule has 1 nitrogen and oxygen atoms in total. The summed E-state index contributed by atoms with van der Waals surface area (Å²) in [4.78, 5) is 0. The normalized spacial score (nSPS) is 10.7. The standard InChI is InChI=1S/C13H19BrO/c1-10(2)6-7-15-13-5-4-11(3)8-12(13)9-14/h4-5,8,10H,6-7,9H2,1-3H3. The van der Waals surface area contributed by atoms with Crippen molar-refractivity contribution in [3.63, 3.8) is 0 Å². The van der Waals surface area contributed by atoms with Crippen LogP contribution < -0.4 is 4.74 Å². The van der Waals surface area contributed by atoms with Gasteiger partial charge in [-0.25, -0.2) is 0 Å². The highest BCUT2D eigenvalue weighted by atomic mass is 79.9. The van der Waals surface area contributed by atoms with Gasteiger partial charge < -0.3 is 4.74 Å². The van der Waals surface area contributed by atoms with Crippen molar-refractivity contribution in [1.82, 2.24) is 0 Å². The van der Waals surface area contributed by atoms with Crippen molar-refractivity contribution in [3.05, 3.63) is 29.3 Å². The lowest BCUT2D eigenvalue weighted by Crippen LogP contribution is -2.03. The van der Waals surface area contributed by atoms with Crippen LogP contribution in [0.25, 0.3) is 0 Å². The number of hydrogen-bond acceptors (Lipinski definition) is 1. The molecule has 0 fully saturated rings. The molecule has 0 spiro atoms. The van der Waals surface area contributed by atoms with E-state index in [-0.39, 0.29) is 0 Å². The Morgan fingerprint density at radius 1 is 1.33 bits per heavy atom. The summed E-state index contributed by atoms with van der Waals surface area (Å²) < 4.78 is 5.76. The molecule has 15 heavy (non-hydrogen) atoms. The lowest BCUT2D eigenvalue weighted by Gasteiger charge is -2.11. The van der Waals surface area contributed by atoms with E-state index in [9.17, 15) is 0 Å². The first-order chi connectivity index (χ1) is 7.13. The highest BCUT2D eigenvalue weighted by molar-refractivity contribution is 9.08. The van der Waals surface area contributed by atoms with Crippen LogP contribution >= 0.6 is 15.9 Å². The maximum Gasteiger partial charge on any atom is 0.123 e. The predicted octanol–water partition coefficient (Wildman–Crippen LogP) is 4.31. The van der Waals surface area contributed by atoms with Crippen LogP contribution in [-0.2, 0) is 5.33 Å². The minimum absolute atomic E-state index is 0.697. The van der Waals surface area contributed by atoms with Crippen LogP contribution in [0.15, 0.2) is 18.2 Å². The quantitative estimate of drug-likeness (QED) is 0.725. The molecule has 0 aromatic heterocycles. The van der Waals surface area contributed by atoms with Crippen molar-refractivity contribution in [1.29, 1.82) is 0 Å². The van der Waals surface area contributed by atoms with Gasteiger partial charge >= 0.3 is 0 Å². The molecule has 0 amide bonds. The highest BCUT2D eigenvalue weighted by Crippen LogP contribution is 2.22. The fourth-order valence-electron chi connectivity index (χ4n) is 1.36. The molecule has 1 aromatic rings. The van der Waals surface area contributed by atoms with Crippen LogP contribution in [0.5, 0.6) is 5.75 Å². The molecular weight excluding hydrogens is 252 g/mol. The molecule has 0 radical (unpaired) electrons. The number of alkyl halides is 1. The van der Waals surface area contributed by atoms with E-state index in [1.807, 2.05) is 0 Å². The highest BCUT2D eigenvalue weighted by Gasteiger charge is 2.03. The molecular formula is C13H19BrO. The molecule has 1 rings (SSSR count). The summed E-state index contributed by atoms with van der Waals surface area (Å²) in [5, 5.41) is 0.853.